The van der Waals surface area contributed by atoms with E-state index in [9.17, 15) is 29.1 Å². The molecule has 1 aromatic rings. The summed E-state index contributed by atoms with van der Waals surface area (Å²) in [6.07, 6.45) is -1.17. The zero-order valence-electron chi connectivity index (χ0n) is 24.7. The van der Waals surface area contributed by atoms with Crippen LogP contribution < -0.4 is 31.3 Å². The minimum absolute atomic E-state index is 0.0148. The number of nitrogens with zero attached hydrogens (tertiary/aromatic N) is 1. The normalized spacial score (nSPS) is 23.7. The van der Waals surface area contributed by atoms with Gasteiger partial charge in [0.2, 0.25) is 23.6 Å². The van der Waals surface area contributed by atoms with Crippen LogP contribution in [0.15, 0.2) is 24.3 Å². The molecule has 2 rings (SSSR count). The monoisotopic (exact) mass is 576 g/mol. The van der Waals surface area contributed by atoms with E-state index >= 15 is 0 Å². The third-order valence-corrected chi connectivity index (χ3v) is 6.43. The Morgan fingerprint density at radius 1 is 1.02 bits per heavy atom. The van der Waals surface area contributed by atoms with Crippen molar-refractivity contribution in [1.29, 1.82) is 0 Å². The van der Waals surface area contributed by atoms with Gasteiger partial charge in [-0.2, -0.15) is 0 Å². The van der Waals surface area contributed by atoms with Crippen molar-refractivity contribution in [1.82, 2.24) is 31.5 Å². The molecule has 1 aromatic carbocycles. The molecule has 13 heteroatoms. The molecule has 228 valence electrons. The Hall–Kier alpha value is -3.71. The molecule has 5 amide bonds. The number of benzene rings is 1. The lowest BCUT2D eigenvalue weighted by atomic mass is 10.0. The van der Waals surface area contributed by atoms with Crippen molar-refractivity contribution in [2.45, 2.75) is 70.8 Å². The van der Waals surface area contributed by atoms with Gasteiger partial charge in [-0.1, -0.05) is 26.0 Å². The van der Waals surface area contributed by atoms with Crippen molar-refractivity contribution < 1.29 is 33.8 Å². The molecule has 0 bridgehead atoms. The Morgan fingerprint density at radius 3 is 2.32 bits per heavy atom. The molecule has 1 aliphatic heterocycles. The standard InChI is InChI=1S/C28H44N6O7/c1-16(2)23-27(39)30-17(3)15-41-21-11-8-7-10-19(21)25(37)31-20(26(38)29-12-9-13-34(5)6)14-22(36)32-24(18(4)35)28(40)33-23/h7-8,10-11,16-18,20,23-24,35H,9,12-15H2,1-6H3,(H,29,38)(H,30,39)(H,31,37)(H,32,36)(H,33,40)/t17-,18+,20-,23+,24-/m0/s1. The smallest absolute Gasteiger partial charge is 0.255 e. The lowest BCUT2D eigenvalue weighted by Crippen LogP contribution is -2.59. The molecule has 41 heavy (non-hydrogen) atoms. The van der Waals surface area contributed by atoms with Crippen LogP contribution in [-0.2, 0) is 19.2 Å². The van der Waals surface area contributed by atoms with E-state index in [0.29, 0.717) is 13.0 Å². The first-order valence-electron chi connectivity index (χ1n) is 13.8. The van der Waals surface area contributed by atoms with Crippen LogP contribution in [0.4, 0.5) is 0 Å². The maximum Gasteiger partial charge on any atom is 0.255 e. The summed E-state index contributed by atoms with van der Waals surface area (Å²) in [6, 6.07) is 2.27. The van der Waals surface area contributed by atoms with E-state index in [1.807, 2.05) is 19.0 Å². The van der Waals surface area contributed by atoms with E-state index in [-0.39, 0.29) is 23.8 Å². The molecule has 0 saturated carbocycles. The molecule has 5 atom stereocenters. The highest BCUT2D eigenvalue weighted by Crippen LogP contribution is 2.19. The largest absolute Gasteiger partial charge is 0.491 e. The number of amides is 5. The first-order chi connectivity index (χ1) is 19.3. The molecule has 0 radical (unpaired) electrons. The number of carbonyl (C=O) groups is 5. The third kappa shape index (κ3) is 10.7. The molecule has 0 unspecified atom stereocenters. The molecule has 1 heterocycles. The maximum atomic E-state index is 13.3. The Bertz CT molecular complexity index is 1080. The number of fused-ring (bicyclic) bond motifs is 1. The van der Waals surface area contributed by atoms with E-state index < -0.39 is 66.2 Å². The van der Waals surface area contributed by atoms with E-state index in [1.54, 1.807) is 39.0 Å². The minimum atomic E-state index is -1.41. The molecule has 0 aromatic heterocycles. The number of aliphatic hydroxyl groups is 1. The molecule has 1 aliphatic rings. The second-order valence-corrected chi connectivity index (χ2v) is 10.9. The van der Waals surface area contributed by atoms with Crippen LogP contribution >= 0.6 is 0 Å². The Labute approximate surface area is 241 Å². The number of hydrogen-bond donors (Lipinski definition) is 6. The van der Waals surface area contributed by atoms with Crippen LogP contribution in [0.25, 0.3) is 0 Å². The SMILES string of the molecule is CC(C)[C@H]1NC(=O)[C@H]([C@@H](C)O)NC(=O)C[C@@H](C(=O)NCCCN(C)C)NC(=O)c2ccccc2OC[C@H](C)NC1=O. The molecular weight excluding hydrogens is 532 g/mol. The Balaban J connectivity index is 2.41. The van der Waals surface area contributed by atoms with Gasteiger partial charge in [0.25, 0.3) is 5.91 Å². The summed E-state index contributed by atoms with van der Waals surface area (Å²) in [7, 11) is 3.81. The first-order valence-corrected chi connectivity index (χ1v) is 13.8. The summed E-state index contributed by atoms with van der Waals surface area (Å²) in [6.45, 7) is 7.59. The van der Waals surface area contributed by atoms with E-state index in [1.165, 1.54) is 13.0 Å². The van der Waals surface area contributed by atoms with Gasteiger partial charge >= 0.3 is 0 Å². The van der Waals surface area contributed by atoms with Crippen LogP contribution in [-0.4, -0.2) is 104 Å². The second kappa shape index (κ2) is 15.9. The first kappa shape index (κ1) is 33.5. The van der Waals surface area contributed by atoms with Gasteiger partial charge < -0.3 is 41.3 Å². The fourth-order valence-electron chi connectivity index (χ4n) is 4.15. The fourth-order valence-corrected chi connectivity index (χ4v) is 4.15. The average Bonchev–Trinajstić information content (AvgIpc) is 2.90. The Morgan fingerprint density at radius 2 is 1.68 bits per heavy atom. The van der Waals surface area contributed by atoms with Crippen LogP contribution in [0.1, 0.15) is 50.9 Å². The number of ether oxygens (including phenoxy) is 1. The van der Waals surface area contributed by atoms with Crippen molar-refractivity contribution in [3.05, 3.63) is 29.8 Å². The predicted octanol–water partition coefficient (Wildman–Crippen LogP) is -0.853. The number of carbonyl (C=O) groups excluding carboxylic acids is 5. The van der Waals surface area contributed by atoms with Crippen molar-refractivity contribution in [2.24, 2.45) is 5.92 Å². The van der Waals surface area contributed by atoms with E-state index in [0.717, 1.165) is 6.54 Å². The fraction of sp³-hybridized carbons (Fsp3) is 0.607. The molecule has 0 spiro atoms. The number of nitrogens with one attached hydrogen (secondary N) is 5. The molecule has 0 saturated heterocycles. The van der Waals surface area contributed by atoms with Crippen LogP contribution in [0, 0.1) is 5.92 Å². The van der Waals surface area contributed by atoms with Crippen LogP contribution in [0.5, 0.6) is 5.75 Å². The highest BCUT2D eigenvalue weighted by Gasteiger charge is 2.33. The van der Waals surface area contributed by atoms with Crippen LogP contribution in [0.2, 0.25) is 0 Å². The van der Waals surface area contributed by atoms with Gasteiger partial charge in [0.15, 0.2) is 0 Å². The molecule has 0 aliphatic carbocycles. The molecule has 6 N–H and O–H groups in total. The summed E-state index contributed by atoms with van der Waals surface area (Å²) >= 11 is 0. The summed E-state index contributed by atoms with van der Waals surface area (Å²) in [4.78, 5) is 67.5. The zero-order chi connectivity index (χ0) is 30.7. The summed E-state index contributed by atoms with van der Waals surface area (Å²) in [5, 5.41) is 23.5. The molecular formula is C28H44N6O7. The highest BCUT2D eigenvalue weighted by atomic mass is 16.5. The van der Waals surface area contributed by atoms with Gasteiger partial charge in [0.05, 0.1) is 24.1 Å². The summed E-state index contributed by atoms with van der Waals surface area (Å²) in [5.74, 6) is -3.31. The highest BCUT2D eigenvalue weighted by molar-refractivity contribution is 6.01. The van der Waals surface area contributed by atoms with Crippen molar-refractivity contribution in [2.75, 3.05) is 33.8 Å². The van der Waals surface area contributed by atoms with Gasteiger partial charge in [-0.05, 0) is 59.0 Å². The average molecular weight is 577 g/mol. The van der Waals surface area contributed by atoms with Gasteiger partial charge in [-0.25, -0.2) is 0 Å². The number of aliphatic hydroxyl groups excluding tert-OH is 1. The van der Waals surface area contributed by atoms with Crippen LogP contribution in [0.3, 0.4) is 0 Å². The van der Waals surface area contributed by atoms with E-state index in [4.69, 9.17) is 4.74 Å². The number of para-hydroxylation sites is 1. The summed E-state index contributed by atoms with van der Waals surface area (Å²) < 4.78 is 5.85. The second-order valence-electron chi connectivity index (χ2n) is 10.9. The van der Waals surface area contributed by atoms with Gasteiger partial charge in [0, 0.05) is 6.54 Å². The quantitative estimate of drug-likeness (QED) is 0.227. The van der Waals surface area contributed by atoms with Gasteiger partial charge in [-0.3, -0.25) is 24.0 Å². The minimum Gasteiger partial charge on any atom is -0.491 e. The zero-order valence-corrected chi connectivity index (χ0v) is 24.7. The van der Waals surface area contributed by atoms with Crippen molar-refractivity contribution >= 4 is 29.5 Å². The predicted molar refractivity (Wildman–Crippen MR) is 152 cm³/mol. The van der Waals surface area contributed by atoms with E-state index in [2.05, 4.69) is 26.6 Å². The third-order valence-electron chi connectivity index (χ3n) is 6.43. The van der Waals surface area contributed by atoms with Gasteiger partial charge in [0.1, 0.15) is 30.5 Å². The number of hydrogen-bond acceptors (Lipinski definition) is 8. The molecule has 0 fully saturated rings. The lowest BCUT2D eigenvalue weighted by Gasteiger charge is -2.27. The summed E-state index contributed by atoms with van der Waals surface area (Å²) in [5.41, 5.74) is 0.139. The van der Waals surface area contributed by atoms with Gasteiger partial charge in [-0.15, -0.1) is 0 Å². The topological polar surface area (TPSA) is 178 Å². The van der Waals surface area contributed by atoms with Crippen molar-refractivity contribution in [3.63, 3.8) is 0 Å². The maximum absolute atomic E-state index is 13.3. The number of rotatable bonds is 7. The van der Waals surface area contributed by atoms with Crippen molar-refractivity contribution in [3.8, 4) is 5.75 Å². The molecule has 13 nitrogen and oxygen atoms in total. The lowest BCUT2D eigenvalue weighted by molar-refractivity contribution is -0.135. The Kier molecular flexibility index (Phi) is 13.0.